The van der Waals surface area contributed by atoms with Crippen LogP contribution in [-0.2, 0) is 16.1 Å². The minimum absolute atomic E-state index is 0.407. The molecule has 5 heteroatoms. The van der Waals surface area contributed by atoms with E-state index in [1.54, 1.807) is 7.11 Å². The lowest BCUT2D eigenvalue weighted by Gasteiger charge is -2.08. The van der Waals surface area contributed by atoms with Crippen LogP contribution in [0.3, 0.4) is 0 Å². The van der Waals surface area contributed by atoms with Gasteiger partial charge in [-0.15, -0.1) is 0 Å². The number of ether oxygens (including phenoxy) is 2. The number of hydrogen-bond acceptors (Lipinski definition) is 4. The molecule has 0 aliphatic heterocycles. The lowest BCUT2D eigenvalue weighted by molar-refractivity contribution is 0.0603. The van der Waals surface area contributed by atoms with E-state index in [0.29, 0.717) is 24.8 Å². The Kier molecular flexibility index (Phi) is 6.93. The fourth-order valence-electron chi connectivity index (χ4n) is 1.25. The molecule has 1 aromatic rings. The van der Waals surface area contributed by atoms with Crippen molar-refractivity contribution in [2.75, 3.05) is 32.2 Å². The lowest BCUT2D eigenvalue weighted by atomic mass is 10.3. The molecule has 0 fully saturated rings. The van der Waals surface area contributed by atoms with Crippen molar-refractivity contribution in [2.24, 2.45) is 0 Å². The van der Waals surface area contributed by atoms with Gasteiger partial charge in [0.05, 0.1) is 30.5 Å². The molecule has 96 valence electrons. The van der Waals surface area contributed by atoms with E-state index >= 15 is 0 Å². The molecule has 0 atom stereocenters. The number of anilines is 1. The summed E-state index contributed by atoms with van der Waals surface area (Å²) in [6.45, 7) is 4.53. The third-order valence-electron chi connectivity index (χ3n) is 2.15. The summed E-state index contributed by atoms with van der Waals surface area (Å²) in [4.78, 5) is 4.40. The SMILES string of the molecule is CCCNc1ccc(Cl)c(COCCOC)n1. The van der Waals surface area contributed by atoms with Crippen molar-refractivity contribution in [3.63, 3.8) is 0 Å². The Bertz CT molecular complexity index is 334. The third-order valence-corrected chi connectivity index (χ3v) is 2.49. The second-order valence-corrected chi connectivity index (χ2v) is 4.00. The third kappa shape index (κ3) is 5.35. The number of methoxy groups -OCH3 is 1. The molecule has 0 aliphatic rings. The van der Waals surface area contributed by atoms with E-state index < -0.39 is 0 Å². The molecule has 1 heterocycles. The summed E-state index contributed by atoms with van der Waals surface area (Å²) in [6, 6.07) is 3.71. The summed E-state index contributed by atoms with van der Waals surface area (Å²) in [6.07, 6.45) is 1.06. The molecule has 0 saturated carbocycles. The van der Waals surface area contributed by atoms with Crippen LogP contribution in [0.5, 0.6) is 0 Å². The molecule has 0 saturated heterocycles. The average Bonchev–Trinajstić information content (AvgIpc) is 2.35. The zero-order valence-electron chi connectivity index (χ0n) is 10.3. The Labute approximate surface area is 107 Å². The Morgan fingerprint density at radius 1 is 1.35 bits per heavy atom. The molecule has 1 aromatic heterocycles. The topological polar surface area (TPSA) is 43.4 Å². The van der Waals surface area contributed by atoms with E-state index in [4.69, 9.17) is 21.1 Å². The number of aromatic nitrogens is 1. The van der Waals surface area contributed by atoms with Gasteiger partial charge in [0, 0.05) is 13.7 Å². The van der Waals surface area contributed by atoms with Crippen molar-refractivity contribution >= 4 is 17.4 Å². The second kappa shape index (κ2) is 8.28. The first-order chi connectivity index (χ1) is 8.27. The molecule has 1 N–H and O–H groups in total. The van der Waals surface area contributed by atoms with Crippen molar-refractivity contribution in [1.82, 2.24) is 4.98 Å². The maximum atomic E-state index is 6.04. The van der Waals surface area contributed by atoms with Gasteiger partial charge < -0.3 is 14.8 Å². The van der Waals surface area contributed by atoms with E-state index in [0.717, 1.165) is 24.5 Å². The predicted octanol–water partition coefficient (Wildman–Crippen LogP) is 2.72. The zero-order valence-corrected chi connectivity index (χ0v) is 11.1. The minimum Gasteiger partial charge on any atom is -0.382 e. The molecule has 0 spiro atoms. The average molecular weight is 259 g/mol. The maximum Gasteiger partial charge on any atom is 0.126 e. The van der Waals surface area contributed by atoms with Crippen LogP contribution in [0.1, 0.15) is 19.0 Å². The van der Waals surface area contributed by atoms with E-state index in [9.17, 15) is 0 Å². The van der Waals surface area contributed by atoms with E-state index in [2.05, 4.69) is 17.2 Å². The van der Waals surface area contributed by atoms with Gasteiger partial charge in [0.1, 0.15) is 5.82 Å². The fourth-order valence-corrected chi connectivity index (χ4v) is 1.41. The highest BCUT2D eigenvalue weighted by molar-refractivity contribution is 6.31. The van der Waals surface area contributed by atoms with Gasteiger partial charge >= 0.3 is 0 Å². The van der Waals surface area contributed by atoms with Crippen LogP contribution in [0.25, 0.3) is 0 Å². The van der Waals surface area contributed by atoms with Gasteiger partial charge in [0.25, 0.3) is 0 Å². The van der Waals surface area contributed by atoms with Crippen molar-refractivity contribution in [2.45, 2.75) is 20.0 Å². The standard InChI is InChI=1S/C12H19ClN2O2/c1-3-6-14-12-5-4-10(13)11(15-12)9-17-8-7-16-2/h4-5H,3,6-9H2,1-2H3,(H,14,15). The molecule has 17 heavy (non-hydrogen) atoms. The maximum absolute atomic E-state index is 6.04. The van der Waals surface area contributed by atoms with Crippen molar-refractivity contribution < 1.29 is 9.47 Å². The van der Waals surface area contributed by atoms with Crippen LogP contribution in [0.4, 0.5) is 5.82 Å². The van der Waals surface area contributed by atoms with Gasteiger partial charge in [-0.2, -0.15) is 0 Å². The number of hydrogen-bond donors (Lipinski definition) is 1. The summed E-state index contributed by atoms with van der Waals surface area (Å²) < 4.78 is 10.3. The Morgan fingerprint density at radius 2 is 2.18 bits per heavy atom. The Balaban J connectivity index is 2.50. The molecule has 0 amide bonds. The molecule has 0 radical (unpaired) electrons. The van der Waals surface area contributed by atoms with Crippen LogP contribution in [0.15, 0.2) is 12.1 Å². The highest BCUT2D eigenvalue weighted by atomic mass is 35.5. The zero-order chi connectivity index (χ0) is 12.5. The van der Waals surface area contributed by atoms with Crippen LogP contribution in [-0.4, -0.2) is 31.9 Å². The molecular formula is C12H19ClN2O2. The van der Waals surface area contributed by atoms with E-state index in [1.807, 2.05) is 12.1 Å². The molecule has 0 bridgehead atoms. The first-order valence-electron chi connectivity index (χ1n) is 5.74. The van der Waals surface area contributed by atoms with Crippen molar-refractivity contribution in [1.29, 1.82) is 0 Å². The van der Waals surface area contributed by atoms with Gasteiger partial charge in [-0.3, -0.25) is 0 Å². The molecule has 0 aliphatic carbocycles. The minimum atomic E-state index is 0.407. The molecule has 0 unspecified atom stereocenters. The Hall–Kier alpha value is -0.840. The van der Waals surface area contributed by atoms with Crippen LogP contribution in [0, 0.1) is 0 Å². The molecule has 1 rings (SSSR count). The summed E-state index contributed by atoms with van der Waals surface area (Å²) in [5.41, 5.74) is 0.754. The summed E-state index contributed by atoms with van der Waals surface area (Å²) in [7, 11) is 1.64. The number of nitrogens with zero attached hydrogens (tertiary/aromatic N) is 1. The highest BCUT2D eigenvalue weighted by Crippen LogP contribution is 2.17. The van der Waals surface area contributed by atoms with Gasteiger partial charge in [0.2, 0.25) is 0 Å². The monoisotopic (exact) mass is 258 g/mol. The second-order valence-electron chi connectivity index (χ2n) is 3.60. The first-order valence-corrected chi connectivity index (χ1v) is 6.11. The highest BCUT2D eigenvalue weighted by Gasteiger charge is 2.04. The van der Waals surface area contributed by atoms with Gasteiger partial charge in [0.15, 0.2) is 0 Å². The van der Waals surface area contributed by atoms with Gasteiger partial charge in [-0.25, -0.2) is 4.98 Å². The van der Waals surface area contributed by atoms with Crippen molar-refractivity contribution in [3.8, 4) is 0 Å². The molecule has 0 aromatic carbocycles. The van der Waals surface area contributed by atoms with Gasteiger partial charge in [-0.05, 0) is 18.6 Å². The van der Waals surface area contributed by atoms with E-state index in [-0.39, 0.29) is 0 Å². The summed E-state index contributed by atoms with van der Waals surface area (Å²) in [5.74, 6) is 0.835. The lowest BCUT2D eigenvalue weighted by Crippen LogP contribution is -2.06. The van der Waals surface area contributed by atoms with Crippen molar-refractivity contribution in [3.05, 3.63) is 22.8 Å². The van der Waals surface area contributed by atoms with Gasteiger partial charge in [-0.1, -0.05) is 18.5 Å². The smallest absolute Gasteiger partial charge is 0.126 e. The quantitative estimate of drug-likeness (QED) is 0.728. The summed E-state index contributed by atoms with van der Waals surface area (Å²) in [5, 5.41) is 3.84. The van der Waals surface area contributed by atoms with Crippen LogP contribution in [0.2, 0.25) is 5.02 Å². The molecular weight excluding hydrogens is 240 g/mol. The normalized spacial score (nSPS) is 10.5. The first kappa shape index (κ1) is 14.2. The molecule has 4 nitrogen and oxygen atoms in total. The number of rotatable bonds is 8. The largest absolute Gasteiger partial charge is 0.382 e. The Morgan fingerprint density at radius 3 is 2.88 bits per heavy atom. The fraction of sp³-hybridized carbons (Fsp3) is 0.583. The predicted molar refractivity (Wildman–Crippen MR) is 69.6 cm³/mol. The summed E-state index contributed by atoms with van der Waals surface area (Å²) >= 11 is 6.04. The van der Waals surface area contributed by atoms with E-state index in [1.165, 1.54) is 0 Å². The number of pyridine rings is 1. The van der Waals surface area contributed by atoms with Crippen LogP contribution >= 0.6 is 11.6 Å². The number of nitrogens with one attached hydrogen (secondary N) is 1. The van der Waals surface area contributed by atoms with Crippen LogP contribution < -0.4 is 5.32 Å². The number of halogens is 1.